The van der Waals surface area contributed by atoms with E-state index in [9.17, 15) is 9.59 Å². The highest BCUT2D eigenvalue weighted by atomic mass is 35.5. The van der Waals surface area contributed by atoms with Crippen molar-refractivity contribution in [1.29, 1.82) is 0 Å². The van der Waals surface area contributed by atoms with Crippen molar-refractivity contribution in [2.45, 2.75) is 0 Å². The summed E-state index contributed by atoms with van der Waals surface area (Å²) in [4.78, 5) is 22.0. The Morgan fingerprint density at radius 2 is 1.75 bits per heavy atom. The molecule has 0 heterocycles. The Labute approximate surface area is 75.2 Å². The van der Waals surface area contributed by atoms with Gasteiger partial charge in [-0.1, -0.05) is 30.3 Å². The molecule has 0 atom stereocenters. The Bertz CT molecular complexity index is 293. The van der Waals surface area contributed by atoms with Crippen LogP contribution in [-0.4, -0.2) is 17.4 Å². The van der Waals surface area contributed by atoms with E-state index in [2.05, 4.69) is 0 Å². The van der Waals surface area contributed by atoms with Gasteiger partial charge in [-0.3, -0.25) is 9.59 Å². The summed E-state index contributed by atoms with van der Waals surface area (Å²) in [7, 11) is 0. The Balaban J connectivity index is 2.86. The minimum absolute atomic E-state index is 0.256. The second-order valence-electron chi connectivity index (χ2n) is 2.25. The molecule has 0 radical (unpaired) electrons. The van der Waals surface area contributed by atoms with Gasteiger partial charge in [-0.2, -0.15) is 0 Å². The summed E-state index contributed by atoms with van der Waals surface area (Å²) in [5.41, 5.74) is 0.392. The lowest BCUT2D eigenvalue weighted by atomic mass is 10.1. The molecule has 0 amide bonds. The van der Waals surface area contributed by atoms with E-state index in [4.69, 9.17) is 11.6 Å². The van der Waals surface area contributed by atoms with Crippen molar-refractivity contribution in [3.05, 3.63) is 35.9 Å². The lowest BCUT2D eigenvalue weighted by Gasteiger charge is -1.94. The van der Waals surface area contributed by atoms with Gasteiger partial charge in [-0.15, -0.1) is 11.6 Å². The first kappa shape index (κ1) is 8.94. The number of benzene rings is 1. The predicted octanol–water partition coefficient (Wildman–Crippen LogP) is 1.68. The number of carbonyl (C=O) groups excluding carboxylic acids is 2. The maximum absolute atomic E-state index is 11.1. The van der Waals surface area contributed by atoms with Crippen molar-refractivity contribution in [1.82, 2.24) is 0 Å². The van der Waals surface area contributed by atoms with Crippen LogP contribution in [0.25, 0.3) is 0 Å². The number of Topliss-reactive ketones (excluding diaryl/α,β-unsaturated/α-hetero) is 2. The monoisotopic (exact) mass is 182 g/mol. The average Bonchev–Trinajstić information content (AvgIpc) is 2.17. The predicted molar refractivity (Wildman–Crippen MR) is 46.5 cm³/mol. The number of halogens is 1. The van der Waals surface area contributed by atoms with Crippen LogP contribution in [0.2, 0.25) is 0 Å². The highest BCUT2D eigenvalue weighted by Gasteiger charge is 2.13. The molecule has 0 unspecified atom stereocenters. The van der Waals surface area contributed by atoms with Crippen LogP contribution in [-0.2, 0) is 4.79 Å². The van der Waals surface area contributed by atoms with Gasteiger partial charge in [0.2, 0.25) is 11.6 Å². The summed E-state index contributed by atoms with van der Waals surface area (Å²) < 4.78 is 0. The standard InChI is InChI=1S/C9H7ClO2/c10-6-8(11)9(12)7-4-2-1-3-5-7/h1-5H,6H2. The number of hydrogen-bond acceptors (Lipinski definition) is 2. The summed E-state index contributed by atoms with van der Waals surface area (Å²) in [5.74, 6) is -1.35. The molecular formula is C9H7ClO2. The average molecular weight is 183 g/mol. The molecule has 1 aromatic carbocycles. The van der Waals surface area contributed by atoms with Crippen LogP contribution in [0.5, 0.6) is 0 Å². The highest BCUT2D eigenvalue weighted by molar-refractivity contribution is 6.51. The molecule has 0 aliphatic rings. The second kappa shape index (κ2) is 4.02. The van der Waals surface area contributed by atoms with E-state index in [1.54, 1.807) is 30.3 Å². The molecule has 0 N–H and O–H groups in total. The summed E-state index contributed by atoms with van der Waals surface area (Å²) in [5, 5.41) is 0. The third-order valence-corrected chi connectivity index (χ3v) is 1.65. The van der Waals surface area contributed by atoms with E-state index >= 15 is 0 Å². The van der Waals surface area contributed by atoms with Gasteiger partial charge in [0.15, 0.2) is 0 Å². The molecule has 0 aliphatic carbocycles. The third kappa shape index (κ3) is 1.92. The van der Waals surface area contributed by atoms with Crippen molar-refractivity contribution in [2.75, 3.05) is 5.88 Å². The molecule has 0 spiro atoms. The minimum Gasteiger partial charge on any atom is -0.289 e. The Morgan fingerprint density at radius 1 is 1.17 bits per heavy atom. The quantitative estimate of drug-likeness (QED) is 0.405. The number of alkyl halides is 1. The van der Waals surface area contributed by atoms with Gasteiger partial charge in [-0.05, 0) is 0 Å². The molecule has 0 aromatic heterocycles. The number of rotatable bonds is 3. The molecule has 0 saturated carbocycles. The second-order valence-corrected chi connectivity index (χ2v) is 2.52. The van der Waals surface area contributed by atoms with Crippen LogP contribution in [0.3, 0.4) is 0 Å². The van der Waals surface area contributed by atoms with Crippen LogP contribution in [0, 0.1) is 0 Å². The first-order valence-electron chi connectivity index (χ1n) is 3.44. The molecule has 3 heteroatoms. The van der Waals surface area contributed by atoms with Crippen LogP contribution < -0.4 is 0 Å². The van der Waals surface area contributed by atoms with E-state index in [1.807, 2.05) is 0 Å². The zero-order chi connectivity index (χ0) is 8.97. The molecule has 12 heavy (non-hydrogen) atoms. The fourth-order valence-corrected chi connectivity index (χ4v) is 0.933. The molecule has 1 rings (SSSR count). The zero-order valence-electron chi connectivity index (χ0n) is 6.29. The Hall–Kier alpha value is -1.15. The SMILES string of the molecule is O=C(CCl)C(=O)c1ccccc1. The number of ketones is 2. The smallest absolute Gasteiger partial charge is 0.229 e. The lowest BCUT2D eigenvalue weighted by molar-refractivity contribution is -0.112. The minimum atomic E-state index is -0.567. The van der Waals surface area contributed by atoms with E-state index in [0.717, 1.165) is 0 Å². The molecular weight excluding hydrogens is 176 g/mol. The van der Waals surface area contributed by atoms with Crippen molar-refractivity contribution in [2.24, 2.45) is 0 Å². The first-order chi connectivity index (χ1) is 5.75. The summed E-state index contributed by atoms with van der Waals surface area (Å²) in [6, 6.07) is 8.37. The number of carbonyl (C=O) groups is 2. The summed E-state index contributed by atoms with van der Waals surface area (Å²) >= 11 is 5.23. The van der Waals surface area contributed by atoms with Crippen LogP contribution in [0.1, 0.15) is 10.4 Å². The van der Waals surface area contributed by atoms with Crippen molar-refractivity contribution >= 4 is 23.2 Å². The van der Waals surface area contributed by atoms with E-state index in [0.29, 0.717) is 5.56 Å². The molecule has 2 nitrogen and oxygen atoms in total. The molecule has 62 valence electrons. The topological polar surface area (TPSA) is 34.1 Å². The lowest BCUT2D eigenvalue weighted by Crippen LogP contribution is -2.14. The van der Waals surface area contributed by atoms with Gasteiger partial charge in [0.05, 0.1) is 5.88 Å². The van der Waals surface area contributed by atoms with Gasteiger partial charge >= 0.3 is 0 Å². The Kier molecular flexibility index (Phi) is 3.00. The fraction of sp³-hybridized carbons (Fsp3) is 0.111. The molecule has 0 aliphatic heterocycles. The van der Waals surface area contributed by atoms with Gasteiger partial charge in [0, 0.05) is 5.56 Å². The molecule has 0 bridgehead atoms. The van der Waals surface area contributed by atoms with E-state index < -0.39 is 11.6 Å². The number of hydrogen-bond donors (Lipinski definition) is 0. The first-order valence-corrected chi connectivity index (χ1v) is 3.97. The van der Waals surface area contributed by atoms with E-state index in [-0.39, 0.29) is 5.88 Å². The van der Waals surface area contributed by atoms with Crippen LogP contribution in [0.15, 0.2) is 30.3 Å². The van der Waals surface area contributed by atoms with Gasteiger partial charge in [0.1, 0.15) is 0 Å². The summed E-state index contributed by atoms with van der Waals surface area (Å²) in [6.45, 7) is 0. The molecule has 0 fully saturated rings. The van der Waals surface area contributed by atoms with Crippen molar-refractivity contribution in [3.8, 4) is 0 Å². The largest absolute Gasteiger partial charge is 0.289 e. The fourth-order valence-electron chi connectivity index (χ4n) is 0.811. The molecule has 1 aromatic rings. The van der Waals surface area contributed by atoms with Crippen LogP contribution in [0.4, 0.5) is 0 Å². The third-order valence-electron chi connectivity index (χ3n) is 1.41. The highest BCUT2D eigenvalue weighted by Crippen LogP contribution is 2.00. The Morgan fingerprint density at radius 3 is 2.25 bits per heavy atom. The van der Waals surface area contributed by atoms with Crippen LogP contribution >= 0.6 is 11.6 Å². The maximum atomic E-state index is 11.1. The van der Waals surface area contributed by atoms with Crippen molar-refractivity contribution in [3.63, 3.8) is 0 Å². The zero-order valence-corrected chi connectivity index (χ0v) is 7.04. The van der Waals surface area contributed by atoms with Crippen molar-refractivity contribution < 1.29 is 9.59 Å². The van der Waals surface area contributed by atoms with Gasteiger partial charge < -0.3 is 0 Å². The molecule has 0 saturated heterocycles. The summed E-state index contributed by atoms with van der Waals surface area (Å²) in [6.07, 6.45) is 0. The van der Waals surface area contributed by atoms with Gasteiger partial charge in [-0.25, -0.2) is 0 Å². The maximum Gasteiger partial charge on any atom is 0.229 e. The van der Waals surface area contributed by atoms with E-state index in [1.165, 1.54) is 0 Å². The normalized spacial score (nSPS) is 9.42. The van der Waals surface area contributed by atoms with Gasteiger partial charge in [0.25, 0.3) is 0 Å².